The number of benzene rings is 3. The minimum Gasteiger partial charge on any atom is -0.489 e. The van der Waals surface area contributed by atoms with Gasteiger partial charge in [-0.05, 0) is 81.1 Å². The van der Waals surface area contributed by atoms with Crippen molar-refractivity contribution in [1.82, 2.24) is 4.72 Å². The van der Waals surface area contributed by atoms with E-state index >= 15 is 0 Å². The third-order valence-electron chi connectivity index (χ3n) is 6.43. The summed E-state index contributed by atoms with van der Waals surface area (Å²) in [6.45, 7) is 10.5. The number of hydrogen-bond acceptors (Lipinski definition) is 5. The molecule has 4 aromatic rings. The fourth-order valence-corrected chi connectivity index (χ4v) is 5.29. The van der Waals surface area contributed by atoms with Crippen molar-refractivity contribution in [2.75, 3.05) is 6.61 Å². The molecule has 1 N–H and O–H groups in total. The van der Waals surface area contributed by atoms with Gasteiger partial charge in [-0.2, -0.15) is 0 Å². The van der Waals surface area contributed by atoms with E-state index in [1.165, 1.54) is 0 Å². The molecule has 39 heavy (non-hydrogen) atoms. The zero-order chi connectivity index (χ0) is 28.0. The van der Waals surface area contributed by atoms with E-state index in [-0.39, 0.29) is 23.2 Å². The van der Waals surface area contributed by atoms with E-state index in [4.69, 9.17) is 13.9 Å². The van der Waals surface area contributed by atoms with Crippen molar-refractivity contribution in [2.24, 2.45) is 0 Å². The maximum absolute atomic E-state index is 12.8. The Labute approximate surface area is 233 Å². The molecule has 0 aliphatic heterocycles. The Morgan fingerprint density at radius 1 is 1.03 bits per heavy atom. The summed E-state index contributed by atoms with van der Waals surface area (Å²) >= 11 is 0. The Hall–Kier alpha value is -3.42. The molecule has 3 aromatic carbocycles. The molecule has 1 heterocycles. The third kappa shape index (κ3) is 7.16. The molecule has 0 spiro atoms. The van der Waals surface area contributed by atoms with Crippen LogP contribution >= 0.6 is 0 Å². The average Bonchev–Trinajstić information content (AvgIpc) is 3.39. The summed E-state index contributed by atoms with van der Waals surface area (Å²) in [5.41, 5.74) is 5.62. The summed E-state index contributed by atoms with van der Waals surface area (Å²) in [5.74, 6) is 0.381. The number of fused-ring (bicyclic) bond motifs is 1. The largest absolute Gasteiger partial charge is 0.489 e. The van der Waals surface area contributed by atoms with E-state index in [1.807, 2.05) is 57.2 Å². The Morgan fingerprint density at radius 3 is 2.56 bits per heavy atom. The maximum atomic E-state index is 12.8. The third-order valence-corrected chi connectivity index (χ3v) is 8.04. The predicted octanol–water partition coefficient (Wildman–Crippen LogP) is 7.29. The second kappa shape index (κ2) is 12.6. The SMILES string of the molecule is CCOC(=O)Cc1ccccc1OCc1cc(-c2cccc(C(CC)NS(=O)C(C)(C)C)c2)c2occc2c1. The second-order valence-corrected chi connectivity index (χ2v) is 12.4. The minimum atomic E-state index is -1.18. The lowest BCUT2D eigenvalue weighted by molar-refractivity contribution is -0.142. The number of furan rings is 1. The summed E-state index contributed by atoms with van der Waals surface area (Å²) in [7, 11) is -1.18. The van der Waals surface area contributed by atoms with E-state index in [9.17, 15) is 9.00 Å². The summed E-state index contributed by atoms with van der Waals surface area (Å²) in [6.07, 6.45) is 2.66. The molecule has 4 rings (SSSR count). The molecule has 2 atom stereocenters. The van der Waals surface area contributed by atoms with Crippen LogP contribution in [0.15, 0.2) is 77.4 Å². The summed E-state index contributed by atoms with van der Waals surface area (Å²) in [5, 5.41) is 0.982. The summed E-state index contributed by atoms with van der Waals surface area (Å²) < 4.78 is 32.9. The monoisotopic (exact) mass is 547 g/mol. The van der Waals surface area contributed by atoms with Gasteiger partial charge in [0.2, 0.25) is 0 Å². The van der Waals surface area contributed by atoms with Crippen molar-refractivity contribution in [1.29, 1.82) is 0 Å². The van der Waals surface area contributed by atoms with Gasteiger partial charge in [-0.15, -0.1) is 0 Å². The van der Waals surface area contributed by atoms with Gasteiger partial charge in [-0.25, -0.2) is 8.93 Å². The Balaban J connectivity index is 1.61. The molecule has 0 amide bonds. The lowest BCUT2D eigenvalue weighted by Crippen LogP contribution is -2.35. The van der Waals surface area contributed by atoms with Gasteiger partial charge in [0, 0.05) is 22.6 Å². The summed E-state index contributed by atoms with van der Waals surface area (Å²) in [4.78, 5) is 12.1. The van der Waals surface area contributed by atoms with Crippen LogP contribution < -0.4 is 9.46 Å². The first-order chi connectivity index (χ1) is 18.7. The van der Waals surface area contributed by atoms with Gasteiger partial charge in [-0.3, -0.25) is 4.79 Å². The molecule has 206 valence electrons. The predicted molar refractivity (Wildman–Crippen MR) is 157 cm³/mol. The van der Waals surface area contributed by atoms with Gasteiger partial charge in [0.15, 0.2) is 0 Å². The highest BCUT2D eigenvalue weighted by Crippen LogP contribution is 2.34. The van der Waals surface area contributed by atoms with E-state index in [2.05, 4.69) is 42.0 Å². The molecule has 7 heteroatoms. The van der Waals surface area contributed by atoms with Crippen LogP contribution in [0.4, 0.5) is 0 Å². The molecule has 0 saturated heterocycles. The second-order valence-electron chi connectivity index (χ2n) is 10.4. The van der Waals surface area contributed by atoms with Crippen LogP contribution in [0.1, 0.15) is 63.8 Å². The van der Waals surface area contributed by atoms with Crippen LogP contribution in [0.5, 0.6) is 5.75 Å². The van der Waals surface area contributed by atoms with Crippen LogP contribution in [0.3, 0.4) is 0 Å². The van der Waals surface area contributed by atoms with Crippen molar-refractivity contribution in [3.8, 4) is 16.9 Å². The molecule has 0 fully saturated rings. The lowest BCUT2D eigenvalue weighted by atomic mass is 9.96. The van der Waals surface area contributed by atoms with Crippen molar-refractivity contribution in [2.45, 2.75) is 64.9 Å². The molecular formula is C32H37NO5S. The molecular weight excluding hydrogens is 510 g/mol. The highest BCUT2D eigenvalue weighted by atomic mass is 32.2. The Morgan fingerprint density at radius 2 is 1.82 bits per heavy atom. The molecule has 0 aliphatic carbocycles. The van der Waals surface area contributed by atoms with Crippen LogP contribution in [0.25, 0.3) is 22.1 Å². The van der Waals surface area contributed by atoms with Crippen molar-refractivity contribution < 1.29 is 22.9 Å². The number of ether oxygens (including phenoxy) is 2. The van der Waals surface area contributed by atoms with E-state index in [0.717, 1.165) is 45.2 Å². The highest BCUT2D eigenvalue weighted by molar-refractivity contribution is 7.84. The van der Waals surface area contributed by atoms with Crippen LogP contribution in [-0.4, -0.2) is 21.5 Å². The molecule has 0 aliphatic rings. The first kappa shape index (κ1) is 28.6. The van der Waals surface area contributed by atoms with Crippen molar-refractivity contribution in [3.63, 3.8) is 0 Å². The standard InChI is InChI=1S/C32H37NO5S/c1-6-28(33-39(35)32(3,4)5)24-13-10-12-23(19-24)27-18-22(17-26-15-16-37-31(26)27)21-38-29-14-9-8-11-25(29)20-30(34)36-7-2/h8-19,28,33H,6-7,20-21H2,1-5H3. The molecule has 0 radical (unpaired) electrons. The molecule has 0 saturated carbocycles. The highest BCUT2D eigenvalue weighted by Gasteiger charge is 2.23. The van der Waals surface area contributed by atoms with E-state index in [1.54, 1.807) is 13.2 Å². The molecule has 0 bridgehead atoms. The lowest BCUT2D eigenvalue weighted by Gasteiger charge is -2.24. The zero-order valence-electron chi connectivity index (χ0n) is 23.3. The number of rotatable bonds is 11. The average molecular weight is 548 g/mol. The van der Waals surface area contributed by atoms with E-state index < -0.39 is 11.0 Å². The van der Waals surface area contributed by atoms with E-state index in [0.29, 0.717) is 19.0 Å². The molecule has 6 nitrogen and oxygen atoms in total. The maximum Gasteiger partial charge on any atom is 0.310 e. The van der Waals surface area contributed by atoms with Gasteiger partial charge in [0.25, 0.3) is 0 Å². The number of hydrogen-bond donors (Lipinski definition) is 1. The van der Waals surface area contributed by atoms with Gasteiger partial charge in [0.05, 0.1) is 35.0 Å². The van der Waals surface area contributed by atoms with Crippen molar-refractivity contribution >= 4 is 27.9 Å². The van der Waals surface area contributed by atoms with Gasteiger partial charge in [-0.1, -0.05) is 43.3 Å². The summed E-state index contributed by atoms with van der Waals surface area (Å²) in [6, 6.07) is 21.9. The minimum absolute atomic E-state index is 0.0421. The number of carbonyl (C=O) groups is 1. The molecule has 1 aromatic heterocycles. The fourth-order valence-electron chi connectivity index (χ4n) is 4.38. The zero-order valence-corrected chi connectivity index (χ0v) is 24.1. The van der Waals surface area contributed by atoms with Crippen LogP contribution in [0, 0.1) is 0 Å². The first-order valence-corrected chi connectivity index (χ1v) is 14.5. The Kier molecular flexibility index (Phi) is 9.25. The first-order valence-electron chi connectivity index (χ1n) is 13.3. The van der Waals surface area contributed by atoms with Crippen molar-refractivity contribution in [3.05, 3.63) is 89.7 Å². The number of carbonyl (C=O) groups excluding carboxylic acids is 1. The normalized spacial score (nSPS) is 13.3. The smallest absolute Gasteiger partial charge is 0.310 e. The number of para-hydroxylation sites is 1. The Bertz CT molecular complexity index is 1450. The number of esters is 1. The van der Waals surface area contributed by atoms with Crippen LogP contribution in [0.2, 0.25) is 0 Å². The van der Waals surface area contributed by atoms with Crippen LogP contribution in [-0.2, 0) is 33.5 Å². The van der Waals surface area contributed by atoms with Gasteiger partial charge in [0.1, 0.15) is 17.9 Å². The molecule has 2 unspecified atom stereocenters. The van der Waals surface area contributed by atoms with Gasteiger partial charge < -0.3 is 13.9 Å². The fraction of sp³-hybridized carbons (Fsp3) is 0.344. The number of nitrogens with one attached hydrogen (secondary N) is 1. The van der Waals surface area contributed by atoms with Gasteiger partial charge >= 0.3 is 5.97 Å². The quantitative estimate of drug-likeness (QED) is 0.200. The topological polar surface area (TPSA) is 77.8 Å².